The van der Waals surface area contributed by atoms with Gasteiger partial charge in [-0.1, -0.05) is 38.5 Å². The number of unbranched alkanes of at least 4 members (excludes halogenated alkanes) is 1. The van der Waals surface area contributed by atoms with E-state index in [0.717, 1.165) is 38.0 Å². The highest BCUT2D eigenvalue weighted by atomic mass is 16.3. The first-order valence-electron chi connectivity index (χ1n) is 13.7. The number of nitrogens with zero attached hydrogens (tertiary/aromatic N) is 3. The van der Waals surface area contributed by atoms with E-state index < -0.39 is 17.1 Å². The second-order valence-electron chi connectivity index (χ2n) is 10.9. The van der Waals surface area contributed by atoms with Gasteiger partial charge < -0.3 is 20.4 Å². The SMILES string of the molecule is CCCCC(CC)C(=O)Nc1cc(N(CC)CC)ccc1C1=C([O-])/C(=C2\C(C)=N[N+](C(C)(C)C)=C2O)C1=O. The number of amides is 1. The minimum Gasteiger partial charge on any atom is -0.871 e. The molecule has 0 saturated carbocycles. The maximum Gasteiger partial charge on any atom is 0.401 e. The van der Waals surface area contributed by atoms with Crippen molar-refractivity contribution in [1.82, 2.24) is 0 Å². The number of hydrazone groups is 1. The van der Waals surface area contributed by atoms with Gasteiger partial charge in [-0.2, -0.15) is 0 Å². The molecule has 1 aliphatic heterocycles. The first-order chi connectivity index (χ1) is 17.9. The predicted octanol–water partition coefficient (Wildman–Crippen LogP) is 4.80. The van der Waals surface area contributed by atoms with E-state index in [2.05, 4.69) is 36.1 Å². The molecule has 1 amide bonds. The standard InChI is InChI=1S/C30H42N4O4/c1-9-13-14-19(10-2)28(37)31-22-17-20(33(11-3)12-4)15-16-21(22)24-26(35)25(27(24)36)23-18(5)32-34(29(23)38)30(6,7)8/h15-17,19H,9-14H2,1-8H3,(H2,31,32,35,36,37,38). The van der Waals surface area contributed by atoms with Gasteiger partial charge in [0, 0.05) is 62.2 Å². The fourth-order valence-corrected chi connectivity index (χ4v) is 4.99. The molecule has 0 bridgehead atoms. The van der Waals surface area contributed by atoms with Gasteiger partial charge in [-0.15, -0.1) is 0 Å². The molecular formula is C30H42N4O4. The van der Waals surface area contributed by atoms with Gasteiger partial charge in [-0.05, 0) is 55.5 Å². The number of hydrogen-bond donors (Lipinski definition) is 2. The summed E-state index contributed by atoms with van der Waals surface area (Å²) in [6.07, 6.45) is 3.45. The topological polar surface area (TPSA) is 108 Å². The average molecular weight is 523 g/mol. The summed E-state index contributed by atoms with van der Waals surface area (Å²) in [7, 11) is 0. The van der Waals surface area contributed by atoms with E-state index in [4.69, 9.17) is 0 Å². The number of allylic oxidation sites excluding steroid dienone is 2. The summed E-state index contributed by atoms with van der Waals surface area (Å²) in [6, 6.07) is 5.46. The van der Waals surface area contributed by atoms with Crippen molar-refractivity contribution in [2.75, 3.05) is 23.3 Å². The van der Waals surface area contributed by atoms with Gasteiger partial charge in [0.15, 0.2) is 11.3 Å². The number of aliphatic hydroxyl groups is 1. The summed E-state index contributed by atoms with van der Waals surface area (Å²) >= 11 is 0. The molecule has 0 spiro atoms. The second-order valence-corrected chi connectivity index (χ2v) is 10.9. The summed E-state index contributed by atoms with van der Waals surface area (Å²) in [5.74, 6) is -1.36. The molecule has 2 N–H and O–H groups in total. The summed E-state index contributed by atoms with van der Waals surface area (Å²) in [5, 5.41) is 31.8. The molecule has 1 aromatic carbocycles. The number of ketones is 1. The zero-order valence-electron chi connectivity index (χ0n) is 24.1. The van der Waals surface area contributed by atoms with E-state index in [-0.39, 0.29) is 34.4 Å². The Morgan fingerprint density at radius 2 is 1.79 bits per heavy atom. The normalized spacial score (nSPS) is 18.5. The van der Waals surface area contributed by atoms with Crippen LogP contribution < -0.4 is 15.3 Å². The zero-order chi connectivity index (χ0) is 28.4. The Labute approximate surface area is 226 Å². The summed E-state index contributed by atoms with van der Waals surface area (Å²) in [4.78, 5) is 28.8. The Morgan fingerprint density at radius 3 is 2.29 bits per heavy atom. The van der Waals surface area contributed by atoms with Gasteiger partial charge in [0.1, 0.15) is 11.3 Å². The molecular weight excluding hydrogens is 480 g/mol. The van der Waals surface area contributed by atoms with E-state index >= 15 is 0 Å². The third-order valence-electron chi connectivity index (χ3n) is 7.26. The Balaban J connectivity index is 2.12. The van der Waals surface area contributed by atoms with Crippen LogP contribution in [0.4, 0.5) is 11.4 Å². The Bertz CT molecular complexity index is 1240. The summed E-state index contributed by atoms with van der Waals surface area (Å²) in [6.45, 7) is 17.1. The van der Waals surface area contributed by atoms with Crippen LogP contribution in [0.1, 0.15) is 86.6 Å². The fraction of sp³-hybridized carbons (Fsp3) is 0.533. The van der Waals surface area contributed by atoms with Gasteiger partial charge in [0.2, 0.25) is 5.91 Å². The Morgan fingerprint density at radius 1 is 1.13 bits per heavy atom. The van der Waals surface area contributed by atoms with Crippen LogP contribution in [-0.2, 0) is 9.59 Å². The third kappa shape index (κ3) is 5.40. The number of benzene rings is 1. The monoisotopic (exact) mass is 522 g/mol. The molecule has 8 nitrogen and oxygen atoms in total. The van der Waals surface area contributed by atoms with Crippen LogP contribution in [0.2, 0.25) is 0 Å². The van der Waals surface area contributed by atoms with Gasteiger partial charge in [-0.3, -0.25) is 9.59 Å². The van der Waals surface area contributed by atoms with Gasteiger partial charge >= 0.3 is 5.90 Å². The van der Waals surface area contributed by atoms with Crippen LogP contribution in [0.5, 0.6) is 0 Å². The van der Waals surface area contributed by atoms with E-state index in [1.807, 2.05) is 39.8 Å². The number of nitrogens with one attached hydrogen (secondary N) is 1. The minimum atomic E-state index is -0.526. The number of rotatable bonds is 10. The number of aliphatic hydroxyl groups excluding tert-OH is 1. The highest BCUT2D eigenvalue weighted by molar-refractivity contribution is 6.43. The lowest BCUT2D eigenvalue weighted by atomic mass is 9.79. The molecule has 1 atom stereocenters. The number of hydrogen-bond acceptors (Lipinski definition) is 5. The molecule has 1 heterocycles. The molecule has 0 fully saturated rings. The maximum atomic E-state index is 13.5. The molecule has 1 unspecified atom stereocenters. The van der Waals surface area contributed by atoms with Gasteiger partial charge in [-0.25, -0.2) is 0 Å². The molecule has 8 heteroatoms. The lowest BCUT2D eigenvalue weighted by Gasteiger charge is -2.33. The van der Waals surface area contributed by atoms with Crippen molar-refractivity contribution in [3.8, 4) is 0 Å². The molecule has 38 heavy (non-hydrogen) atoms. The van der Waals surface area contributed by atoms with Crippen molar-refractivity contribution in [3.63, 3.8) is 0 Å². The van der Waals surface area contributed by atoms with Crippen molar-refractivity contribution < 1.29 is 24.5 Å². The number of Topliss-reactive ketones (excluding diaryl/α,β-unsaturated/α-hetero) is 1. The van der Waals surface area contributed by atoms with Crippen molar-refractivity contribution in [2.45, 2.75) is 86.6 Å². The zero-order valence-corrected chi connectivity index (χ0v) is 24.1. The fourth-order valence-electron chi connectivity index (χ4n) is 4.99. The predicted molar refractivity (Wildman–Crippen MR) is 152 cm³/mol. The quantitative estimate of drug-likeness (QED) is 0.339. The highest BCUT2D eigenvalue weighted by Crippen LogP contribution is 2.41. The molecule has 0 radical (unpaired) electrons. The Kier molecular flexibility index (Phi) is 8.85. The first kappa shape index (κ1) is 29.1. The molecule has 3 rings (SSSR count). The number of carbonyl (C=O) groups is 2. The second kappa shape index (κ2) is 11.5. The lowest BCUT2D eigenvalue weighted by molar-refractivity contribution is -0.605. The van der Waals surface area contributed by atoms with E-state index in [1.54, 1.807) is 13.0 Å². The first-order valence-corrected chi connectivity index (χ1v) is 13.7. The van der Waals surface area contributed by atoms with Crippen LogP contribution in [0.25, 0.3) is 5.57 Å². The number of carbonyl (C=O) groups excluding carboxylic acids is 2. The van der Waals surface area contributed by atoms with E-state index in [9.17, 15) is 19.8 Å². The maximum absolute atomic E-state index is 13.5. The molecule has 0 aromatic heterocycles. The lowest BCUT2D eigenvalue weighted by Crippen LogP contribution is -2.35. The molecule has 2 aliphatic rings. The van der Waals surface area contributed by atoms with E-state index in [1.165, 1.54) is 4.68 Å². The van der Waals surface area contributed by atoms with E-state index in [0.29, 0.717) is 23.4 Å². The van der Waals surface area contributed by atoms with Crippen molar-refractivity contribution >= 4 is 40.2 Å². The van der Waals surface area contributed by atoms with Gasteiger partial charge in [0.25, 0.3) is 0 Å². The smallest absolute Gasteiger partial charge is 0.401 e. The molecule has 0 saturated heterocycles. The third-order valence-corrected chi connectivity index (χ3v) is 7.26. The van der Waals surface area contributed by atoms with Crippen LogP contribution in [0, 0.1) is 5.92 Å². The van der Waals surface area contributed by atoms with Crippen LogP contribution >= 0.6 is 0 Å². The molecule has 206 valence electrons. The average Bonchev–Trinajstić information content (AvgIpc) is 3.16. The number of anilines is 2. The molecule has 1 aromatic rings. The van der Waals surface area contributed by atoms with Crippen LogP contribution in [-0.4, -0.2) is 51.7 Å². The van der Waals surface area contributed by atoms with Crippen LogP contribution in [0.15, 0.2) is 40.2 Å². The largest absolute Gasteiger partial charge is 0.871 e. The van der Waals surface area contributed by atoms with Crippen molar-refractivity contribution in [1.29, 1.82) is 0 Å². The van der Waals surface area contributed by atoms with Gasteiger partial charge in [0.05, 0.1) is 5.69 Å². The van der Waals surface area contributed by atoms with Crippen molar-refractivity contribution in [3.05, 3.63) is 40.7 Å². The Hall–Kier alpha value is -3.42. The highest BCUT2D eigenvalue weighted by Gasteiger charge is 2.44. The summed E-state index contributed by atoms with van der Waals surface area (Å²) in [5.41, 5.74) is 1.78. The van der Waals surface area contributed by atoms with Crippen molar-refractivity contribution in [2.24, 2.45) is 11.0 Å². The molecule has 1 aliphatic carbocycles. The summed E-state index contributed by atoms with van der Waals surface area (Å²) < 4.78 is 1.43. The minimum absolute atomic E-state index is 0.0188. The van der Waals surface area contributed by atoms with Crippen LogP contribution in [0.3, 0.4) is 0 Å².